The zero-order valence-electron chi connectivity index (χ0n) is 11.4. The van der Waals surface area contributed by atoms with Crippen molar-refractivity contribution >= 4 is 29.2 Å². The Hall–Kier alpha value is -1.52. The number of halogens is 1. The molecule has 2 aromatic rings. The van der Waals surface area contributed by atoms with Gasteiger partial charge in [0.15, 0.2) is 0 Å². The summed E-state index contributed by atoms with van der Waals surface area (Å²) < 4.78 is 0. The number of aromatic nitrogens is 1. The summed E-state index contributed by atoms with van der Waals surface area (Å²) >= 11 is 7.78. The van der Waals surface area contributed by atoms with Gasteiger partial charge in [-0.25, -0.2) is 4.98 Å². The molecule has 0 aliphatic carbocycles. The fraction of sp³-hybridized carbons (Fsp3) is 0.200. The molecule has 1 aromatic carbocycles. The third kappa shape index (κ3) is 3.52. The molecule has 0 fully saturated rings. The number of hydrogen-bond acceptors (Lipinski definition) is 3. The summed E-state index contributed by atoms with van der Waals surface area (Å²) in [6, 6.07) is 8.12. The van der Waals surface area contributed by atoms with Crippen molar-refractivity contribution in [2.45, 2.75) is 24.6 Å². The molecule has 0 atom stereocenters. The smallest absolute Gasteiger partial charge is 0.124 e. The highest BCUT2D eigenvalue weighted by Crippen LogP contribution is 2.30. The van der Waals surface area contributed by atoms with Crippen LogP contribution in [-0.4, -0.2) is 10.8 Å². The number of nitrogens with one attached hydrogen (secondary N) is 1. The van der Waals surface area contributed by atoms with E-state index in [9.17, 15) is 0 Å². The van der Waals surface area contributed by atoms with E-state index in [0.717, 1.165) is 5.75 Å². The van der Waals surface area contributed by atoms with Crippen LogP contribution in [0, 0.1) is 19.3 Å². The Morgan fingerprint density at radius 3 is 2.55 bits per heavy atom. The summed E-state index contributed by atoms with van der Waals surface area (Å²) in [5.74, 6) is 0.752. The molecule has 0 aliphatic rings. The van der Waals surface area contributed by atoms with Crippen molar-refractivity contribution in [2.24, 2.45) is 5.73 Å². The summed E-state index contributed by atoms with van der Waals surface area (Å²) in [6.07, 6.45) is 1.63. The van der Waals surface area contributed by atoms with Crippen molar-refractivity contribution in [3.05, 3.63) is 57.7 Å². The Bertz CT molecular complexity index is 635. The van der Waals surface area contributed by atoms with Crippen molar-refractivity contribution in [1.82, 2.24) is 4.98 Å². The summed E-state index contributed by atoms with van der Waals surface area (Å²) in [6.45, 7) is 4.17. The fourth-order valence-corrected chi connectivity index (χ4v) is 3.26. The zero-order chi connectivity index (χ0) is 14.7. The number of amidine groups is 1. The highest BCUT2D eigenvalue weighted by molar-refractivity contribution is 7.98. The van der Waals surface area contributed by atoms with Gasteiger partial charge in [0.05, 0.1) is 5.02 Å². The molecule has 0 saturated carbocycles. The molecular weight excluding hydrogens is 290 g/mol. The third-order valence-corrected chi connectivity index (χ3v) is 4.36. The third-order valence-electron chi connectivity index (χ3n) is 2.80. The second kappa shape index (κ2) is 6.29. The molecule has 0 aliphatic heterocycles. The topological polar surface area (TPSA) is 62.8 Å². The molecule has 5 heteroatoms. The standard InChI is InChI=1S/C15H16ClN3S/c1-9-5-10(2)7-11(6-9)8-20-15-13(16)12(14(17)18)3-4-19-15/h3-7H,8H2,1-2H3,(H3,17,18). The van der Waals surface area contributed by atoms with E-state index in [0.29, 0.717) is 15.6 Å². The van der Waals surface area contributed by atoms with Gasteiger partial charge in [0.25, 0.3) is 0 Å². The van der Waals surface area contributed by atoms with Gasteiger partial charge in [0.1, 0.15) is 10.9 Å². The SMILES string of the molecule is Cc1cc(C)cc(CSc2nccc(C(=N)N)c2Cl)c1. The van der Waals surface area contributed by atoms with Gasteiger partial charge in [-0.05, 0) is 25.5 Å². The maximum Gasteiger partial charge on any atom is 0.124 e. The number of nitrogens with two attached hydrogens (primary N) is 1. The van der Waals surface area contributed by atoms with Gasteiger partial charge in [-0.15, -0.1) is 11.8 Å². The Morgan fingerprint density at radius 1 is 1.30 bits per heavy atom. The molecular formula is C15H16ClN3S. The van der Waals surface area contributed by atoms with E-state index in [-0.39, 0.29) is 5.84 Å². The van der Waals surface area contributed by atoms with Crippen molar-refractivity contribution in [3.8, 4) is 0 Å². The summed E-state index contributed by atoms with van der Waals surface area (Å²) in [5.41, 5.74) is 9.75. The lowest BCUT2D eigenvalue weighted by Gasteiger charge is -2.08. The van der Waals surface area contributed by atoms with Crippen LogP contribution in [0.4, 0.5) is 0 Å². The number of hydrogen-bond donors (Lipinski definition) is 2. The number of pyridine rings is 1. The Kier molecular flexibility index (Phi) is 4.68. The van der Waals surface area contributed by atoms with Crippen molar-refractivity contribution in [3.63, 3.8) is 0 Å². The molecule has 20 heavy (non-hydrogen) atoms. The van der Waals surface area contributed by atoms with Crippen molar-refractivity contribution in [1.29, 1.82) is 5.41 Å². The molecule has 0 amide bonds. The minimum atomic E-state index is -0.0364. The lowest BCUT2D eigenvalue weighted by molar-refractivity contribution is 1.12. The highest BCUT2D eigenvalue weighted by atomic mass is 35.5. The summed E-state index contributed by atoms with van der Waals surface area (Å²) in [5, 5.41) is 8.64. The van der Waals surface area contributed by atoms with E-state index in [2.05, 4.69) is 37.0 Å². The second-order valence-corrected chi connectivity index (χ2v) is 6.02. The number of rotatable bonds is 4. The number of aryl methyl sites for hydroxylation is 2. The van der Waals surface area contributed by atoms with E-state index < -0.39 is 0 Å². The van der Waals surface area contributed by atoms with Crippen LogP contribution in [0.25, 0.3) is 0 Å². The number of thioether (sulfide) groups is 1. The van der Waals surface area contributed by atoms with Crippen molar-refractivity contribution in [2.75, 3.05) is 0 Å². The van der Waals surface area contributed by atoms with Crippen LogP contribution < -0.4 is 5.73 Å². The van der Waals surface area contributed by atoms with Gasteiger partial charge in [0.2, 0.25) is 0 Å². The molecule has 0 bridgehead atoms. The lowest BCUT2D eigenvalue weighted by Crippen LogP contribution is -2.12. The second-order valence-electron chi connectivity index (χ2n) is 4.68. The molecule has 0 saturated heterocycles. The van der Waals surface area contributed by atoms with Crippen LogP contribution in [0.1, 0.15) is 22.3 Å². The van der Waals surface area contributed by atoms with Crippen LogP contribution in [-0.2, 0) is 5.75 Å². The Labute approximate surface area is 128 Å². The molecule has 3 N–H and O–H groups in total. The monoisotopic (exact) mass is 305 g/mol. The zero-order valence-corrected chi connectivity index (χ0v) is 13.0. The maximum absolute atomic E-state index is 7.48. The quantitative estimate of drug-likeness (QED) is 0.511. The Balaban J connectivity index is 2.19. The summed E-state index contributed by atoms with van der Waals surface area (Å²) in [4.78, 5) is 4.26. The molecule has 0 spiro atoms. The highest BCUT2D eigenvalue weighted by Gasteiger charge is 2.10. The molecule has 3 nitrogen and oxygen atoms in total. The largest absolute Gasteiger partial charge is 0.384 e. The van der Waals surface area contributed by atoms with Crippen molar-refractivity contribution < 1.29 is 0 Å². The van der Waals surface area contributed by atoms with Crippen LogP contribution in [0.3, 0.4) is 0 Å². The van der Waals surface area contributed by atoms with Crippen LogP contribution >= 0.6 is 23.4 Å². The molecule has 104 valence electrons. The first-order chi connectivity index (χ1) is 9.47. The molecule has 0 radical (unpaired) electrons. The average Bonchev–Trinajstić information content (AvgIpc) is 2.36. The number of benzene rings is 1. The molecule has 0 unspecified atom stereocenters. The summed E-state index contributed by atoms with van der Waals surface area (Å²) in [7, 11) is 0. The van der Waals surface area contributed by atoms with Gasteiger partial charge in [-0.3, -0.25) is 5.41 Å². The fourth-order valence-electron chi connectivity index (χ4n) is 2.04. The first-order valence-corrected chi connectivity index (χ1v) is 7.52. The van der Waals surface area contributed by atoms with E-state index in [1.807, 2.05) is 0 Å². The first kappa shape index (κ1) is 14.9. The first-order valence-electron chi connectivity index (χ1n) is 6.16. The molecule has 1 heterocycles. The van der Waals surface area contributed by atoms with Crippen LogP contribution in [0.2, 0.25) is 5.02 Å². The van der Waals surface area contributed by atoms with Gasteiger partial charge in [0, 0.05) is 17.5 Å². The van der Waals surface area contributed by atoms with Gasteiger partial charge in [-0.1, -0.05) is 40.9 Å². The lowest BCUT2D eigenvalue weighted by atomic mass is 10.1. The predicted molar refractivity (Wildman–Crippen MR) is 85.7 cm³/mol. The van der Waals surface area contributed by atoms with Gasteiger partial charge < -0.3 is 5.73 Å². The van der Waals surface area contributed by atoms with E-state index >= 15 is 0 Å². The maximum atomic E-state index is 7.48. The van der Waals surface area contributed by atoms with Crippen LogP contribution in [0.15, 0.2) is 35.5 Å². The van der Waals surface area contributed by atoms with Gasteiger partial charge >= 0.3 is 0 Å². The van der Waals surface area contributed by atoms with E-state index in [4.69, 9.17) is 22.7 Å². The van der Waals surface area contributed by atoms with Gasteiger partial charge in [-0.2, -0.15) is 0 Å². The minimum absolute atomic E-state index is 0.0364. The van der Waals surface area contributed by atoms with Crippen LogP contribution in [0.5, 0.6) is 0 Å². The van der Waals surface area contributed by atoms with E-state index in [1.54, 1.807) is 24.0 Å². The normalized spacial score (nSPS) is 10.6. The molecule has 1 aromatic heterocycles. The number of nitrogens with zero attached hydrogens (tertiary/aromatic N) is 1. The Morgan fingerprint density at radius 2 is 1.95 bits per heavy atom. The predicted octanol–water partition coefficient (Wildman–Crippen LogP) is 3.93. The van der Waals surface area contributed by atoms with E-state index in [1.165, 1.54) is 16.7 Å². The molecule has 2 rings (SSSR count). The number of nitrogen functional groups attached to an aromatic ring is 1. The average molecular weight is 306 g/mol. The minimum Gasteiger partial charge on any atom is -0.384 e.